The smallest absolute Gasteiger partial charge is 0.269 e. The molecule has 0 radical (unpaired) electrons. The van der Waals surface area contributed by atoms with Gasteiger partial charge in [-0.25, -0.2) is 4.98 Å². The summed E-state index contributed by atoms with van der Waals surface area (Å²) in [5.41, 5.74) is 10.2. The maximum absolute atomic E-state index is 13.0. The zero-order valence-corrected chi connectivity index (χ0v) is 29.8. The van der Waals surface area contributed by atoms with E-state index >= 15 is 0 Å². The van der Waals surface area contributed by atoms with Crippen LogP contribution < -0.4 is 16.4 Å². The summed E-state index contributed by atoms with van der Waals surface area (Å²) in [7, 11) is 0. The van der Waals surface area contributed by atoms with Crippen molar-refractivity contribution in [2.45, 2.75) is 83.3 Å². The number of carbonyl (C=O) groups excluding carboxylic acids is 2. The van der Waals surface area contributed by atoms with Crippen molar-refractivity contribution in [3.8, 4) is 0 Å². The van der Waals surface area contributed by atoms with Gasteiger partial charge in [0, 0.05) is 44.1 Å². The van der Waals surface area contributed by atoms with E-state index in [0.29, 0.717) is 50.4 Å². The number of nitrogens with one attached hydrogen (secondary N) is 2. The third kappa shape index (κ3) is 14.0. The van der Waals surface area contributed by atoms with Gasteiger partial charge in [-0.05, 0) is 74.0 Å². The highest BCUT2D eigenvalue weighted by molar-refractivity contribution is 5.94. The fourth-order valence-corrected chi connectivity index (χ4v) is 5.98. The highest BCUT2D eigenvalue weighted by atomic mass is 16.4. The molecule has 0 aliphatic heterocycles. The number of rotatable bonds is 24. The number of carbonyl (C=O) groups is 2. The summed E-state index contributed by atoms with van der Waals surface area (Å²) < 4.78 is 0. The highest BCUT2D eigenvalue weighted by Crippen LogP contribution is 2.18. The molecule has 280 valence electrons. The molecule has 5 atom stereocenters. The quantitative estimate of drug-likeness (QED) is 0.0618. The van der Waals surface area contributed by atoms with Gasteiger partial charge in [0.2, 0.25) is 0 Å². The van der Waals surface area contributed by atoms with Crippen molar-refractivity contribution >= 4 is 11.8 Å². The first-order valence-electron chi connectivity index (χ1n) is 17.8. The van der Waals surface area contributed by atoms with E-state index in [1.165, 1.54) is 17.3 Å². The number of aliphatic hydroxyl groups excluding tert-OH is 5. The Balaban J connectivity index is 1.54. The second kappa shape index (κ2) is 22.2. The molecule has 9 N–H and O–H groups in total. The first-order valence-corrected chi connectivity index (χ1v) is 17.8. The number of aliphatic hydroxyl groups is 5. The van der Waals surface area contributed by atoms with Gasteiger partial charge in [0.1, 0.15) is 24.0 Å². The number of hydrogen-bond acceptors (Lipinski definition) is 11. The monoisotopic (exact) mass is 708 g/mol. The summed E-state index contributed by atoms with van der Waals surface area (Å²) in [4.78, 5) is 35.4. The van der Waals surface area contributed by atoms with Crippen LogP contribution in [-0.2, 0) is 19.4 Å². The van der Waals surface area contributed by atoms with Gasteiger partial charge in [0.25, 0.3) is 11.8 Å². The average molecular weight is 709 g/mol. The van der Waals surface area contributed by atoms with Gasteiger partial charge in [-0.1, -0.05) is 62.6 Å². The van der Waals surface area contributed by atoms with Crippen molar-refractivity contribution in [1.82, 2.24) is 25.5 Å². The molecule has 0 aliphatic carbocycles. The van der Waals surface area contributed by atoms with Crippen LogP contribution in [0.1, 0.15) is 75.8 Å². The van der Waals surface area contributed by atoms with Gasteiger partial charge in [-0.2, -0.15) is 0 Å². The van der Waals surface area contributed by atoms with Crippen molar-refractivity contribution in [1.29, 1.82) is 0 Å². The van der Waals surface area contributed by atoms with Crippen molar-refractivity contribution in [2.24, 2.45) is 11.7 Å². The molecule has 3 aromatic rings. The van der Waals surface area contributed by atoms with Crippen LogP contribution in [0.15, 0.2) is 60.9 Å². The predicted molar refractivity (Wildman–Crippen MR) is 195 cm³/mol. The molecule has 51 heavy (non-hydrogen) atoms. The average Bonchev–Trinajstić information content (AvgIpc) is 3.13. The fraction of sp³-hybridized carbons (Fsp3) is 0.526. The molecular weight excluding hydrogens is 652 g/mol. The van der Waals surface area contributed by atoms with Gasteiger partial charge in [0.05, 0.1) is 18.4 Å². The first kappa shape index (κ1) is 41.6. The van der Waals surface area contributed by atoms with Crippen LogP contribution in [-0.4, -0.2) is 116 Å². The van der Waals surface area contributed by atoms with Gasteiger partial charge in [-0.3, -0.25) is 19.5 Å². The maximum Gasteiger partial charge on any atom is 0.269 e. The Labute approximate surface area is 301 Å². The standard InChI is InChI=1S/C38H56N6O7/c1-3-4-5-8-18-44(24-32(46)35(48)36(49)33(47)25-45)19-17-43-38(51)29-13-11-27(12-14-29)22-40-23-28(20-30-10-7-6-9-26(30)2)21-31-34(37(39)50)42-16-15-41-31/h6-7,9-16,28,32-33,35-36,40,45-49H,3-5,8,17-25H2,1-2H3,(H2,39,50)(H,43,51)/t28-,32+,33-,35-,36-/m1/s1. The lowest BCUT2D eigenvalue weighted by atomic mass is 9.91. The largest absolute Gasteiger partial charge is 0.394 e. The van der Waals surface area contributed by atoms with E-state index in [4.69, 9.17) is 10.8 Å². The second-order valence-corrected chi connectivity index (χ2v) is 13.2. The van der Waals surface area contributed by atoms with Crippen molar-refractivity contribution < 1.29 is 35.1 Å². The van der Waals surface area contributed by atoms with Crippen LogP contribution in [0.3, 0.4) is 0 Å². The van der Waals surface area contributed by atoms with Crippen LogP contribution in [0.4, 0.5) is 0 Å². The van der Waals surface area contributed by atoms with Crippen molar-refractivity contribution in [3.05, 3.63) is 94.6 Å². The van der Waals surface area contributed by atoms with Crippen LogP contribution in [0.2, 0.25) is 0 Å². The molecule has 3 rings (SSSR count). The topological polar surface area (TPSA) is 214 Å². The molecule has 0 saturated heterocycles. The number of hydrogen-bond donors (Lipinski definition) is 8. The molecule has 0 unspecified atom stereocenters. The molecule has 0 fully saturated rings. The summed E-state index contributed by atoms with van der Waals surface area (Å²) in [5, 5.41) is 56.0. The highest BCUT2D eigenvalue weighted by Gasteiger charge is 2.31. The lowest BCUT2D eigenvalue weighted by molar-refractivity contribution is -0.119. The van der Waals surface area contributed by atoms with Gasteiger partial charge < -0.3 is 41.9 Å². The van der Waals surface area contributed by atoms with Crippen LogP contribution in [0.25, 0.3) is 0 Å². The van der Waals surface area contributed by atoms with Crippen molar-refractivity contribution in [2.75, 3.05) is 39.3 Å². The van der Waals surface area contributed by atoms with Gasteiger partial charge in [-0.15, -0.1) is 0 Å². The molecule has 1 heterocycles. The van der Waals surface area contributed by atoms with Gasteiger partial charge in [0.15, 0.2) is 0 Å². The zero-order chi connectivity index (χ0) is 37.2. The zero-order valence-electron chi connectivity index (χ0n) is 29.8. The van der Waals surface area contributed by atoms with E-state index in [2.05, 4.69) is 46.6 Å². The Morgan fingerprint density at radius 1 is 0.882 bits per heavy atom. The molecule has 2 amide bonds. The summed E-state index contributed by atoms with van der Waals surface area (Å²) in [6, 6.07) is 15.6. The van der Waals surface area contributed by atoms with Crippen molar-refractivity contribution in [3.63, 3.8) is 0 Å². The number of nitrogens with two attached hydrogens (primary N) is 1. The Kier molecular flexibility index (Phi) is 18.1. The van der Waals surface area contributed by atoms with Crippen LogP contribution >= 0.6 is 0 Å². The molecule has 0 aliphatic rings. The number of benzene rings is 2. The van der Waals surface area contributed by atoms with E-state index in [1.54, 1.807) is 18.3 Å². The maximum atomic E-state index is 13.0. The van der Waals surface area contributed by atoms with E-state index in [9.17, 15) is 30.0 Å². The Morgan fingerprint density at radius 2 is 1.59 bits per heavy atom. The molecule has 2 aromatic carbocycles. The molecule has 0 spiro atoms. The molecule has 13 nitrogen and oxygen atoms in total. The second-order valence-electron chi connectivity index (χ2n) is 13.2. The van der Waals surface area contributed by atoms with E-state index in [1.807, 2.05) is 29.2 Å². The van der Waals surface area contributed by atoms with Crippen LogP contribution in [0.5, 0.6) is 0 Å². The summed E-state index contributed by atoms with van der Waals surface area (Å²) in [5.74, 6) is -0.732. The first-order chi connectivity index (χ1) is 24.5. The number of primary amides is 1. The third-order valence-electron chi connectivity index (χ3n) is 9.05. The minimum Gasteiger partial charge on any atom is -0.394 e. The number of aromatic nitrogens is 2. The molecular formula is C38H56N6O7. The van der Waals surface area contributed by atoms with E-state index in [-0.39, 0.29) is 24.1 Å². The summed E-state index contributed by atoms with van der Waals surface area (Å²) in [6.07, 6.45) is 2.07. The molecule has 0 bridgehead atoms. The number of aryl methyl sites for hydroxylation is 1. The van der Waals surface area contributed by atoms with E-state index < -0.39 is 36.9 Å². The van der Waals surface area contributed by atoms with Gasteiger partial charge >= 0.3 is 0 Å². The van der Waals surface area contributed by atoms with Crippen LogP contribution in [0, 0.1) is 12.8 Å². The molecule has 1 aromatic heterocycles. The third-order valence-corrected chi connectivity index (χ3v) is 9.05. The SMILES string of the molecule is CCCCCCN(CCNC(=O)c1ccc(CNC[C@H](Cc2ccccc2C)Cc2nccnc2C(N)=O)cc1)C[C@H](O)[C@@H](O)[C@H](O)[C@H](O)CO. The lowest BCUT2D eigenvalue weighted by Gasteiger charge is -2.30. The minimum absolute atomic E-state index is 0.0247. The summed E-state index contributed by atoms with van der Waals surface area (Å²) in [6.45, 7) is 6.01. The minimum atomic E-state index is -1.69. The number of amides is 2. The lowest BCUT2D eigenvalue weighted by Crippen LogP contribution is -2.50. The molecule has 13 heteroatoms. The molecule has 0 saturated carbocycles. The Morgan fingerprint density at radius 3 is 2.27 bits per heavy atom. The van der Waals surface area contributed by atoms with E-state index in [0.717, 1.165) is 37.7 Å². The number of nitrogens with zero attached hydrogens (tertiary/aromatic N) is 3. The predicted octanol–water partition coefficient (Wildman–Crippen LogP) is 1.12. The summed E-state index contributed by atoms with van der Waals surface area (Å²) >= 11 is 0. The fourth-order valence-electron chi connectivity index (χ4n) is 5.98. The Hall–Kier alpha value is -3.82. The normalized spacial score (nSPS) is 14.5. The Bertz CT molecular complexity index is 1480. The number of unbranched alkanes of at least 4 members (excludes halogenated alkanes) is 3.